The molecule has 3 aromatic carbocycles. The van der Waals surface area contributed by atoms with Crippen LogP contribution in [0.25, 0.3) is 10.8 Å². The van der Waals surface area contributed by atoms with Crippen molar-refractivity contribution >= 4 is 49.8 Å². The fraction of sp³-hybridized carbons (Fsp3) is 0.0909. The molecule has 0 saturated heterocycles. The van der Waals surface area contributed by atoms with Crippen molar-refractivity contribution in [2.45, 2.75) is 13.5 Å². The number of hydrogen-bond donors (Lipinski definition) is 1. The van der Waals surface area contributed by atoms with Gasteiger partial charge in [0.2, 0.25) is 5.91 Å². The lowest BCUT2D eigenvalue weighted by molar-refractivity contribution is -0.390. The minimum Gasteiger partial charge on any atom is -0.457 e. The molecule has 0 aliphatic carbocycles. The third kappa shape index (κ3) is 4.86. The molecule has 0 bridgehead atoms. The van der Waals surface area contributed by atoms with Gasteiger partial charge in [-0.25, -0.2) is 0 Å². The fourth-order valence-electron chi connectivity index (χ4n) is 3.30. The molecule has 1 amide bonds. The van der Waals surface area contributed by atoms with E-state index in [1.165, 1.54) is 22.9 Å². The Morgan fingerprint density at radius 2 is 1.76 bits per heavy atom. The number of nitro groups is 2. The minimum atomic E-state index is -0.664. The number of amides is 1. The van der Waals surface area contributed by atoms with Crippen molar-refractivity contribution in [2.75, 3.05) is 5.32 Å². The van der Waals surface area contributed by atoms with Crippen molar-refractivity contribution < 1.29 is 19.4 Å². The van der Waals surface area contributed by atoms with Gasteiger partial charge in [-0.15, -0.1) is 0 Å². The molecule has 1 N–H and O–H groups in total. The lowest BCUT2D eigenvalue weighted by atomic mass is 10.1. The van der Waals surface area contributed by atoms with Crippen LogP contribution in [0.5, 0.6) is 11.5 Å². The van der Waals surface area contributed by atoms with Gasteiger partial charge in [0.05, 0.1) is 27.5 Å². The van der Waals surface area contributed by atoms with Gasteiger partial charge >= 0.3 is 5.82 Å². The van der Waals surface area contributed by atoms with Crippen LogP contribution in [0.1, 0.15) is 5.69 Å². The van der Waals surface area contributed by atoms with Gasteiger partial charge < -0.3 is 20.2 Å². The zero-order chi connectivity index (χ0) is 24.4. The maximum absolute atomic E-state index is 12.6. The second-order valence-electron chi connectivity index (χ2n) is 7.27. The highest BCUT2D eigenvalue weighted by atomic mass is 79.9. The van der Waals surface area contributed by atoms with Gasteiger partial charge in [0, 0.05) is 12.1 Å². The number of anilines is 1. The number of fused-ring (bicyclic) bond motifs is 1. The Morgan fingerprint density at radius 3 is 2.44 bits per heavy atom. The van der Waals surface area contributed by atoms with E-state index in [0.29, 0.717) is 11.4 Å². The van der Waals surface area contributed by atoms with Crippen molar-refractivity contribution in [1.82, 2.24) is 9.78 Å². The highest BCUT2D eigenvalue weighted by molar-refractivity contribution is 9.10. The summed E-state index contributed by atoms with van der Waals surface area (Å²) in [6, 6.07) is 17.0. The summed E-state index contributed by atoms with van der Waals surface area (Å²) in [5, 5.41) is 30.8. The summed E-state index contributed by atoms with van der Waals surface area (Å²) in [7, 11) is 0. The SMILES string of the molecule is Cc1c(Br)c([N+](=O)[O-])nn1CC(=O)Nc1cc(Oc2ccc3ccccc3c2)cc([N+](=O)[O-])c1. The summed E-state index contributed by atoms with van der Waals surface area (Å²) < 4.78 is 7.17. The molecule has 0 saturated carbocycles. The molecule has 4 rings (SSSR count). The van der Waals surface area contributed by atoms with Gasteiger partial charge in [-0.2, -0.15) is 4.68 Å². The summed E-state index contributed by atoms with van der Waals surface area (Å²) in [5.41, 5.74) is 0.247. The monoisotopic (exact) mass is 525 g/mol. The molecule has 34 heavy (non-hydrogen) atoms. The van der Waals surface area contributed by atoms with Crippen LogP contribution in [-0.2, 0) is 11.3 Å². The largest absolute Gasteiger partial charge is 0.457 e. The predicted octanol–water partition coefficient (Wildman–Crippen LogP) is 5.35. The van der Waals surface area contributed by atoms with Crippen LogP contribution in [0.4, 0.5) is 17.2 Å². The molecule has 0 aliphatic rings. The number of ether oxygens (including phenoxy) is 1. The molecule has 1 aromatic heterocycles. The quantitative estimate of drug-likeness (QED) is 0.253. The zero-order valence-electron chi connectivity index (χ0n) is 17.6. The average molecular weight is 526 g/mol. The maximum Gasteiger partial charge on any atom is 0.404 e. The Labute approximate surface area is 200 Å². The van der Waals surface area contributed by atoms with Crippen LogP contribution in [0.3, 0.4) is 0 Å². The molecule has 0 spiro atoms. The number of carbonyl (C=O) groups excluding carboxylic acids is 1. The third-order valence-electron chi connectivity index (χ3n) is 4.93. The first-order valence-corrected chi connectivity index (χ1v) is 10.6. The van der Waals surface area contributed by atoms with Crippen molar-refractivity contribution in [2.24, 2.45) is 0 Å². The molecule has 4 aromatic rings. The van der Waals surface area contributed by atoms with Gasteiger partial charge in [-0.3, -0.25) is 14.9 Å². The Morgan fingerprint density at radius 1 is 1.03 bits per heavy atom. The van der Waals surface area contributed by atoms with Gasteiger partial charge in [0.1, 0.15) is 22.5 Å². The molecule has 1 heterocycles. The van der Waals surface area contributed by atoms with E-state index >= 15 is 0 Å². The van der Waals surface area contributed by atoms with E-state index in [4.69, 9.17) is 4.74 Å². The molecule has 11 nitrogen and oxygen atoms in total. The Kier molecular flexibility index (Phi) is 6.23. The minimum absolute atomic E-state index is 0.133. The Bertz CT molecular complexity index is 1450. The summed E-state index contributed by atoms with van der Waals surface area (Å²) in [6.07, 6.45) is 0. The number of non-ortho nitro benzene ring substituents is 1. The van der Waals surface area contributed by atoms with E-state index in [9.17, 15) is 25.0 Å². The molecular weight excluding hydrogens is 510 g/mol. The number of hydrogen-bond acceptors (Lipinski definition) is 7. The molecule has 12 heteroatoms. The van der Waals surface area contributed by atoms with Crippen LogP contribution in [0, 0.1) is 27.2 Å². The topological polar surface area (TPSA) is 142 Å². The van der Waals surface area contributed by atoms with Crippen molar-refractivity contribution in [3.63, 3.8) is 0 Å². The van der Waals surface area contributed by atoms with E-state index in [1.807, 2.05) is 30.3 Å². The number of nitro benzene ring substituents is 1. The molecule has 172 valence electrons. The second-order valence-corrected chi connectivity index (χ2v) is 8.06. The standard InChI is InChI=1S/C22H16BrN5O6/c1-13-21(23)22(28(32)33)25-26(13)12-20(29)24-16-9-17(27(30)31)11-19(10-16)34-18-7-6-14-4-2-3-5-15(14)8-18/h2-11H,12H2,1H3,(H,24,29). The van der Waals surface area contributed by atoms with Crippen molar-refractivity contribution in [3.05, 3.63) is 91.1 Å². The van der Waals surface area contributed by atoms with E-state index in [0.717, 1.165) is 10.8 Å². The van der Waals surface area contributed by atoms with Crippen LogP contribution in [-0.4, -0.2) is 25.5 Å². The van der Waals surface area contributed by atoms with E-state index in [1.54, 1.807) is 19.1 Å². The number of nitrogens with zero attached hydrogens (tertiary/aromatic N) is 4. The van der Waals surface area contributed by atoms with Crippen LogP contribution < -0.4 is 10.1 Å². The number of benzene rings is 3. The molecule has 0 fully saturated rings. The fourth-order valence-corrected chi connectivity index (χ4v) is 3.73. The van der Waals surface area contributed by atoms with Gasteiger partial charge in [-0.05, 0) is 50.7 Å². The molecular formula is C22H16BrN5O6. The number of aromatic nitrogens is 2. The van der Waals surface area contributed by atoms with Gasteiger partial charge in [0.15, 0.2) is 0 Å². The van der Waals surface area contributed by atoms with Gasteiger partial charge in [0.25, 0.3) is 5.69 Å². The van der Waals surface area contributed by atoms with Crippen molar-refractivity contribution in [3.8, 4) is 11.5 Å². The van der Waals surface area contributed by atoms with Gasteiger partial charge in [-0.1, -0.05) is 30.3 Å². The summed E-state index contributed by atoms with van der Waals surface area (Å²) in [5.74, 6) is -0.355. The highest BCUT2D eigenvalue weighted by Gasteiger charge is 2.24. The van der Waals surface area contributed by atoms with E-state index in [2.05, 4.69) is 26.3 Å². The first-order chi connectivity index (χ1) is 16.2. The normalized spacial score (nSPS) is 10.8. The maximum atomic E-state index is 12.6. The van der Waals surface area contributed by atoms with Crippen LogP contribution >= 0.6 is 15.9 Å². The number of nitrogens with one attached hydrogen (secondary N) is 1. The number of carbonyl (C=O) groups is 1. The van der Waals surface area contributed by atoms with E-state index in [-0.39, 0.29) is 28.1 Å². The number of rotatable bonds is 7. The number of halogens is 1. The first kappa shape index (κ1) is 22.9. The Balaban J connectivity index is 1.57. The predicted molar refractivity (Wildman–Crippen MR) is 127 cm³/mol. The highest BCUT2D eigenvalue weighted by Crippen LogP contribution is 2.31. The Hall–Kier alpha value is -4.32. The smallest absolute Gasteiger partial charge is 0.404 e. The molecule has 0 unspecified atom stereocenters. The zero-order valence-corrected chi connectivity index (χ0v) is 19.2. The summed E-state index contributed by atoms with van der Waals surface area (Å²) in [6.45, 7) is 1.24. The molecule has 0 aliphatic heterocycles. The lowest BCUT2D eigenvalue weighted by Gasteiger charge is -2.10. The summed E-state index contributed by atoms with van der Waals surface area (Å²) in [4.78, 5) is 33.8. The molecule has 0 atom stereocenters. The van der Waals surface area contributed by atoms with Crippen molar-refractivity contribution in [1.29, 1.82) is 0 Å². The van der Waals surface area contributed by atoms with E-state index < -0.39 is 21.6 Å². The molecule has 0 radical (unpaired) electrons. The third-order valence-corrected chi connectivity index (χ3v) is 5.85. The first-order valence-electron chi connectivity index (χ1n) is 9.84. The van der Waals surface area contributed by atoms with Crippen LogP contribution in [0.15, 0.2) is 65.1 Å². The second kappa shape index (κ2) is 9.27. The van der Waals surface area contributed by atoms with Crippen LogP contribution in [0.2, 0.25) is 0 Å². The average Bonchev–Trinajstić information content (AvgIpc) is 3.07. The lowest BCUT2D eigenvalue weighted by Crippen LogP contribution is -2.20. The summed E-state index contributed by atoms with van der Waals surface area (Å²) >= 11 is 3.09.